The zero-order chi connectivity index (χ0) is 21.8. The molecule has 2 N–H and O–H groups in total. The second-order valence-corrected chi connectivity index (χ2v) is 7.94. The van der Waals surface area contributed by atoms with Gasteiger partial charge in [-0.25, -0.2) is 4.79 Å². The van der Waals surface area contributed by atoms with Crippen molar-refractivity contribution >= 4 is 5.91 Å². The molecule has 0 saturated carbocycles. The van der Waals surface area contributed by atoms with Gasteiger partial charge in [0.1, 0.15) is 5.75 Å². The molecule has 2 aromatic rings. The maximum absolute atomic E-state index is 13.1. The quantitative estimate of drug-likeness (QED) is 0.733. The fourth-order valence-corrected chi connectivity index (χ4v) is 4.20. The number of hydrogen-bond donors (Lipinski definition) is 2. The molecule has 1 aromatic carbocycles. The van der Waals surface area contributed by atoms with Gasteiger partial charge in [0, 0.05) is 30.9 Å². The first-order valence-corrected chi connectivity index (χ1v) is 10.7. The summed E-state index contributed by atoms with van der Waals surface area (Å²) in [5, 5.41) is 3.34. The number of nitrogens with zero attached hydrogens (tertiary/aromatic N) is 2. The second-order valence-electron chi connectivity index (χ2n) is 7.94. The number of hydrogen-bond acceptors (Lipinski definition) is 6. The van der Waals surface area contributed by atoms with E-state index in [1.54, 1.807) is 18.2 Å². The lowest BCUT2D eigenvalue weighted by molar-refractivity contribution is -0.0499. The Kier molecular flexibility index (Phi) is 6.53. The molecule has 9 heteroatoms. The summed E-state index contributed by atoms with van der Waals surface area (Å²) < 4.78 is 12.8. The van der Waals surface area contributed by atoms with E-state index in [1.165, 1.54) is 23.9 Å². The summed E-state index contributed by atoms with van der Waals surface area (Å²) in [7, 11) is 1.49. The van der Waals surface area contributed by atoms with Crippen LogP contribution in [0.25, 0.3) is 5.69 Å². The molecular formula is C22H28N4O5. The van der Waals surface area contributed by atoms with Crippen LogP contribution >= 0.6 is 0 Å². The van der Waals surface area contributed by atoms with Crippen LogP contribution < -0.4 is 21.3 Å². The number of carbonyl (C=O) groups is 1. The number of ether oxygens (including phenoxy) is 2. The lowest BCUT2D eigenvalue weighted by atomic mass is 10.0. The number of benzene rings is 1. The Labute approximate surface area is 180 Å². The van der Waals surface area contributed by atoms with E-state index in [9.17, 15) is 14.4 Å². The number of methoxy groups -OCH3 is 1. The van der Waals surface area contributed by atoms with Crippen LogP contribution in [0.4, 0.5) is 0 Å². The number of H-pyrrole nitrogens is 1. The van der Waals surface area contributed by atoms with Crippen LogP contribution in [0.3, 0.4) is 0 Å². The van der Waals surface area contributed by atoms with E-state index in [2.05, 4.69) is 10.3 Å². The molecule has 0 atom stereocenters. The van der Waals surface area contributed by atoms with Gasteiger partial charge in [0.05, 0.1) is 25.0 Å². The zero-order valence-corrected chi connectivity index (χ0v) is 17.6. The number of carbonyl (C=O) groups excluding carboxylic acids is 1. The van der Waals surface area contributed by atoms with Crippen LogP contribution in [-0.2, 0) is 4.74 Å². The second kappa shape index (κ2) is 9.49. The minimum atomic E-state index is -0.591. The number of nitrogens with one attached hydrogen (secondary N) is 2. The Bertz CT molecular complexity index is 1030. The minimum Gasteiger partial charge on any atom is -0.495 e. The van der Waals surface area contributed by atoms with Crippen molar-refractivity contribution < 1.29 is 14.3 Å². The number of likely N-dealkylation sites (tertiary alicyclic amines) is 1. The maximum atomic E-state index is 13.1. The number of aromatic amines is 1. The van der Waals surface area contributed by atoms with E-state index < -0.39 is 11.2 Å². The molecule has 166 valence electrons. The third kappa shape index (κ3) is 4.88. The van der Waals surface area contributed by atoms with Crippen molar-refractivity contribution in [3.63, 3.8) is 0 Å². The molecule has 0 bridgehead atoms. The van der Waals surface area contributed by atoms with Crippen molar-refractivity contribution in [2.45, 2.75) is 37.9 Å². The van der Waals surface area contributed by atoms with E-state index in [0.29, 0.717) is 36.2 Å². The molecule has 9 nitrogen and oxygen atoms in total. The predicted octanol–water partition coefficient (Wildman–Crippen LogP) is 0.908. The van der Waals surface area contributed by atoms with Crippen molar-refractivity contribution in [1.29, 1.82) is 0 Å². The van der Waals surface area contributed by atoms with Crippen molar-refractivity contribution in [1.82, 2.24) is 19.8 Å². The molecular weight excluding hydrogens is 400 g/mol. The van der Waals surface area contributed by atoms with Gasteiger partial charge in [-0.2, -0.15) is 0 Å². The van der Waals surface area contributed by atoms with Gasteiger partial charge < -0.3 is 19.7 Å². The van der Waals surface area contributed by atoms with Gasteiger partial charge in [-0.15, -0.1) is 0 Å². The predicted molar refractivity (Wildman–Crippen MR) is 115 cm³/mol. The molecule has 3 heterocycles. The van der Waals surface area contributed by atoms with Crippen LogP contribution in [0.2, 0.25) is 0 Å². The van der Waals surface area contributed by atoms with Crippen molar-refractivity contribution in [3.05, 3.63) is 56.9 Å². The standard InChI is InChI=1S/C22H28N4O5/c1-30-19-3-2-15(14-18(19)26-13-8-20(27)24-22(26)29)21(28)25-11-6-17(7-12-25)31-16-4-9-23-10-5-16/h2-3,8,13-14,16-17,23H,4-7,9-12H2,1H3,(H,24,27,29). The fraction of sp³-hybridized carbons (Fsp3) is 0.500. The van der Waals surface area contributed by atoms with E-state index in [4.69, 9.17) is 9.47 Å². The fourth-order valence-electron chi connectivity index (χ4n) is 4.20. The number of amides is 1. The zero-order valence-electron chi connectivity index (χ0n) is 17.6. The summed E-state index contributed by atoms with van der Waals surface area (Å²) in [5.41, 5.74) is -0.210. The van der Waals surface area contributed by atoms with Gasteiger partial charge >= 0.3 is 5.69 Å². The Morgan fingerprint density at radius 1 is 1.03 bits per heavy atom. The monoisotopic (exact) mass is 428 g/mol. The highest BCUT2D eigenvalue weighted by Crippen LogP contribution is 2.25. The summed E-state index contributed by atoms with van der Waals surface area (Å²) >= 11 is 0. The molecule has 0 unspecified atom stereocenters. The van der Waals surface area contributed by atoms with Gasteiger partial charge in [0.15, 0.2) is 0 Å². The van der Waals surface area contributed by atoms with Crippen LogP contribution in [0.1, 0.15) is 36.0 Å². The minimum absolute atomic E-state index is 0.0957. The van der Waals surface area contributed by atoms with Gasteiger partial charge in [-0.1, -0.05) is 0 Å². The Hall–Kier alpha value is -2.91. The smallest absolute Gasteiger partial charge is 0.333 e. The lowest BCUT2D eigenvalue weighted by Gasteiger charge is -2.35. The van der Waals surface area contributed by atoms with Crippen molar-refractivity contribution in [2.75, 3.05) is 33.3 Å². The van der Waals surface area contributed by atoms with E-state index in [0.717, 1.165) is 38.8 Å². The molecule has 0 aliphatic carbocycles. The van der Waals surface area contributed by atoms with Gasteiger partial charge in [-0.05, 0) is 57.0 Å². The Morgan fingerprint density at radius 2 is 1.74 bits per heavy atom. The third-order valence-corrected chi connectivity index (χ3v) is 5.91. The first kappa shape index (κ1) is 21.3. The Balaban J connectivity index is 1.46. The maximum Gasteiger partial charge on any atom is 0.333 e. The van der Waals surface area contributed by atoms with E-state index in [1.807, 2.05) is 4.90 Å². The average molecular weight is 428 g/mol. The lowest BCUT2D eigenvalue weighted by Crippen LogP contribution is -2.43. The topological polar surface area (TPSA) is 106 Å². The van der Waals surface area contributed by atoms with Crippen LogP contribution in [0, 0.1) is 0 Å². The van der Waals surface area contributed by atoms with Crippen LogP contribution in [-0.4, -0.2) is 65.9 Å². The summed E-state index contributed by atoms with van der Waals surface area (Å²) in [6, 6.07) is 6.23. The van der Waals surface area contributed by atoms with E-state index in [-0.39, 0.29) is 12.0 Å². The molecule has 2 aliphatic rings. The first-order valence-electron chi connectivity index (χ1n) is 10.7. The summed E-state index contributed by atoms with van der Waals surface area (Å²) in [4.78, 5) is 40.8. The highest BCUT2D eigenvalue weighted by atomic mass is 16.5. The van der Waals surface area contributed by atoms with Gasteiger partial charge in [0.2, 0.25) is 0 Å². The normalized spacial score (nSPS) is 18.2. The molecule has 1 aromatic heterocycles. The average Bonchev–Trinajstić information content (AvgIpc) is 2.79. The van der Waals surface area contributed by atoms with Crippen molar-refractivity contribution in [3.8, 4) is 11.4 Å². The number of rotatable bonds is 5. The highest BCUT2D eigenvalue weighted by molar-refractivity contribution is 5.95. The molecule has 2 saturated heterocycles. The molecule has 31 heavy (non-hydrogen) atoms. The van der Waals surface area contributed by atoms with E-state index >= 15 is 0 Å². The molecule has 2 aliphatic heterocycles. The SMILES string of the molecule is COc1ccc(C(=O)N2CCC(OC3CCNCC3)CC2)cc1-n1ccc(=O)[nH]c1=O. The largest absolute Gasteiger partial charge is 0.495 e. The van der Waals surface area contributed by atoms with Crippen LogP contribution in [0.15, 0.2) is 40.1 Å². The molecule has 4 rings (SSSR count). The summed E-state index contributed by atoms with van der Waals surface area (Å²) in [6.45, 7) is 3.27. The van der Waals surface area contributed by atoms with Gasteiger partial charge in [-0.3, -0.25) is 19.1 Å². The number of piperidine rings is 2. The summed E-state index contributed by atoms with van der Waals surface area (Å²) in [6.07, 6.45) is 5.59. The Morgan fingerprint density at radius 3 is 2.42 bits per heavy atom. The van der Waals surface area contributed by atoms with Crippen molar-refractivity contribution in [2.24, 2.45) is 0 Å². The highest BCUT2D eigenvalue weighted by Gasteiger charge is 2.27. The van der Waals surface area contributed by atoms with Gasteiger partial charge in [0.25, 0.3) is 11.5 Å². The molecule has 0 spiro atoms. The first-order chi connectivity index (χ1) is 15.0. The number of aromatic nitrogens is 2. The summed E-state index contributed by atoms with van der Waals surface area (Å²) in [5.74, 6) is 0.335. The molecule has 0 radical (unpaired) electrons. The molecule has 2 fully saturated rings. The molecule has 1 amide bonds. The van der Waals surface area contributed by atoms with Crippen LogP contribution in [0.5, 0.6) is 5.75 Å². The third-order valence-electron chi connectivity index (χ3n) is 5.91.